The van der Waals surface area contributed by atoms with E-state index in [2.05, 4.69) is 15.9 Å². The van der Waals surface area contributed by atoms with Gasteiger partial charge in [0.05, 0.1) is 15.5 Å². The number of nitrogens with zero attached hydrogens (tertiary/aromatic N) is 1. The van der Waals surface area contributed by atoms with Crippen LogP contribution in [0.25, 0.3) is 0 Å². The van der Waals surface area contributed by atoms with E-state index in [9.17, 15) is 14.5 Å². The zero-order chi connectivity index (χ0) is 15.6. The molecule has 0 saturated carbocycles. The minimum atomic E-state index is -0.571. The number of nitro groups is 1. The topological polar surface area (TPSA) is 78.4 Å². The van der Waals surface area contributed by atoms with Crippen molar-refractivity contribution in [3.63, 3.8) is 0 Å². The fraction of sp³-hybridized carbons (Fsp3) is 0.143. The number of non-ortho nitro benzene ring substituents is 1. The van der Waals surface area contributed by atoms with Crippen LogP contribution in [0.1, 0.15) is 18.5 Å². The van der Waals surface area contributed by atoms with Crippen LogP contribution < -0.4 is 10.5 Å². The van der Waals surface area contributed by atoms with E-state index in [1.54, 1.807) is 13.0 Å². The first kappa shape index (κ1) is 15.4. The van der Waals surface area contributed by atoms with Gasteiger partial charge >= 0.3 is 0 Å². The van der Waals surface area contributed by atoms with Crippen LogP contribution in [-0.4, -0.2) is 4.92 Å². The minimum Gasteiger partial charge on any atom is -0.455 e. The highest BCUT2D eigenvalue weighted by Crippen LogP contribution is 2.36. The van der Waals surface area contributed by atoms with Gasteiger partial charge in [-0.2, -0.15) is 0 Å². The first-order chi connectivity index (χ1) is 9.90. The molecule has 1 atom stereocenters. The lowest BCUT2D eigenvalue weighted by Gasteiger charge is -2.15. The summed E-state index contributed by atoms with van der Waals surface area (Å²) in [7, 11) is 0. The molecule has 0 saturated heterocycles. The number of benzene rings is 2. The van der Waals surface area contributed by atoms with Gasteiger partial charge in [0.25, 0.3) is 5.69 Å². The second-order valence-corrected chi connectivity index (χ2v) is 5.27. The van der Waals surface area contributed by atoms with Gasteiger partial charge in [-0.05, 0) is 41.1 Å². The van der Waals surface area contributed by atoms with Crippen molar-refractivity contribution in [2.45, 2.75) is 13.0 Å². The van der Waals surface area contributed by atoms with Gasteiger partial charge in [-0.25, -0.2) is 4.39 Å². The maximum atomic E-state index is 13.8. The number of hydrogen-bond acceptors (Lipinski definition) is 4. The molecule has 0 fully saturated rings. The molecular weight excluding hydrogens is 343 g/mol. The second kappa shape index (κ2) is 6.19. The maximum Gasteiger partial charge on any atom is 0.273 e. The first-order valence-corrected chi connectivity index (χ1v) is 6.85. The molecule has 0 spiro atoms. The Morgan fingerprint density at radius 3 is 2.67 bits per heavy atom. The summed E-state index contributed by atoms with van der Waals surface area (Å²) < 4.78 is 20.0. The summed E-state index contributed by atoms with van der Waals surface area (Å²) in [5.74, 6) is -0.0352. The maximum absolute atomic E-state index is 13.8. The van der Waals surface area contributed by atoms with Gasteiger partial charge in [-0.3, -0.25) is 10.1 Å². The van der Waals surface area contributed by atoms with E-state index in [0.29, 0.717) is 4.47 Å². The summed E-state index contributed by atoms with van der Waals surface area (Å²) in [5, 5.41) is 10.8. The Hall–Kier alpha value is -1.99. The van der Waals surface area contributed by atoms with Crippen LogP contribution in [0.3, 0.4) is 0 Å². The van der Waals surface area contributed by atoms with Crippen molar-refractivity contribution in [3.05, 3.63) is 62.4 Å². The molecule has 1 unspecified atom stereocenters. The fourth-order valence-corrected chi connectivity index (χ4v) is 2.18. The van der Waals surface area contributed by atoms with E-state index >= 15 is 0 Å². The molecule has 5 nitrogen and oxygen atoms in total. The predicted molar refractivity (Wildman–Crippen MR) is 79.9 cm³/mol. The Bertz CT molecular complexity index is 692. The quantitative estimate of drug-likeness (QED) is 0.655. The van der Waals surface area contributed by atoms with Crippen LogP contribution in [0, 0.1) is 15.9 Å². The lowest BCUT2D eigenvalue weighted by atomic mass is 10.1. The third-order valence-electron chi connectivity index (χ3n) is 2.81. The van der Waals surface area contributed by atoms with Crippen molar-refractivity contribution in [1.82, 2.24) is 0 Å². The van der Waals surface area contributed by atoms with Crippen LogP contribution in [-0.2, 0) is 0 Å². The number of ether oxygens (including phenoxy) is 1. The van der Waals surface area contributed by atoms with E-state index in [1.165, 1.54) is 30.3 Å². The SMILES string of the molecule is CC(N)c1c(F)cccc1Oc1cc([N+](=O)[O-])ccc1Br. The molecule has 0 aromatic heterocycles. The second-order valence-electron chi connectivity index (χ2n) is 4.41. The van der Waals surface area contributed by atoms with Gasteiger partial charge in [0.1, 0.15) is 17.3 Å². The summed E-state index contributed by atoms with van der Waals surface area (Å²) in [6, 6.07) is 7.87. The van der Waals surface area contributed by atoms with Crippen molar-refractivity contribution in [2.75, 3.05) is 0 Å². The minimum absolute atomic E-state index is 0.119. The largest absolute Gasteiger partial charge is 0.455 e. The number of hydrogen-bond donors (Lipinski definition) is 1. The Kier molecular flexibility index (Phi) is 4.54. The lowest BCUT2D eigenvalue weighted by molar-refractivity contribution is -0.384. The molecule has 2 aromatic carbocycles. The van der Waals surface area contributed by atoms with Gasteiger partial charge in [0.2, 0.25) is 0 Å². The van der Waals surface area contributed by atoms with Gasteiger partial charge < -0.3 is 10.5 Å². The number of halogens is 2. The van der Waals surface area contributed by atoms with Crippen LogP contribution in [0.15, 0.2) is 40.9 Å². The molecule has 0 radical (unpaired) electrons. The predicted octanol–water partition coefficient (Wildman–Crippen LogP) is 4.31. The van der Waals surface area contributed by atoms with E-state index in [4.69, 9.17) is 10.5 Å². The van der Waals surface area contributed by atoms with E-state index in [1.807, 2.05) is 0 Å². The van der Waals surface area contributed by atoms with Crippen molar-refractivity contribution in [1.29, 1.82) is 0 Å². The average Bonchev–Trinajstić information content (AvgIpc) is 2.40. The number of nitro benzene ring substituents is 1. The number of nitrogens with two attached hydrogens (primary N) is 1. The average molecular weight is 355 g/mol. The van der Waals surface area contributed by atoms with E-state index in [0.717, 1.165) is 0 Å². The monoisotopic (exact) mass is 354 g/mol. The molecule has 0 aliphatic carbocycles. The fourth-order valence-electron chi connectivity index (χ4n) is 1.85. The lowest BCUT2D eigenvalue weighted by Crippen LogP contribution is -2.09. The Balaban J connectivity index is 2.45. The molecule has 0 heterocycles. The van der Waals surface area contributed by atoms with Crippen molar-refractivity contribution < 1.29 is 14.1 Å². The van der Waals surface area contributed by atoms with Gasteiger partial charge in [-0.1, -0.05) is 6.07 Å². The molecule has 0 amide bonds. The van der Waals surface area contributed by atoms with Crippen molar-refractivity contribution >= 4 is 21.6 Å². The molecule has 110 valence electrons. The standard InChI is InChI=1S/C14H12BrFN2O3/c1-8(17)14-11(16)3-2-4-12(14)21-13-7-9(18(19)20)5-6-10(13)15/h2-8H,17H2,1H3. The molecule has 0 bridgehead atoms. The third kappa shape index (κ3) is 3.37. The summed E-state index contributed by atoms with van der Waals surface area (Å²) in [5.41, 5.74) is 5.85. The van der Waals surface area contributed by atoms with Crippen LogP contribution in [0.4, 0.5) is 10.1 Å². The molecule has 2 N–H and O–H groups in total. The molecular formula is C14H12BrFN2O3. The highest BCUT2D eigenvalue weighted by molar-refractivity contribution is 9.10. The van der Waals surface area contributed by atoms with Crippen molar-refractivity contribution in [3.8, 4) is 11.5 Å². The molecule has 2 aromatic rings. The van der Waals surface area contributed by atoms with Crippen molar-refractivity contribution in [2.24, 2.45) is 5.73 Å². The summed E-state index contributed by atoms with van der Waals surface area (Å²) in [6.45, 7) is 1.63. The van der Waals surface area contributed by atoms with Gasteiger partial charge in [0, 0.05) is 17.7 Å². The highest BCUT2D eigenvalue weighted by atomic mass is 79.9. The molecule has 21 heavy (non-hydrogen) atoms. The van der Waals surface area contributed by atoms with E-state index in [-0.39, 0.29) is 22.7 Å². The highest BCUT2D eigenvalue weighted by Gasteiger charge is 2.17. The Morgan fingerprint density at radius 1 is 1.33 bits per heavy atom. The molecule has 0 aliphatic heterocycles. The summed E-state index contributed by atoms with van der Waals surface area (Å²) >= 11 is 3.24. The summed E-state index contributed by atoms with van der Waals surface area (Å²) in [6.07, 6.45) is 0. The van der Waals surface area contributed by atoms with Gasteiger partial charge in [0.15, 0.2) is 0 Å². The number of rotatable bonds is 4. The third-order valence-corrected chi connectivity index (χ3v) is 3.47. The molecule has 7 heteroatoms. The summed E-state index contributed by atoms with van der Waals surface area (Å²) in [4.78, 5) is 10.3. The van der Waals surface area contributed by atoms with Crippen LogP contribution in [0.2, 0.25) is 0 Å². The van der Waals surface area contributed by atoms with Crippen LogP contribution in [0.5, 0.6) is 11.5 Å². The van der Waals surface area contributed by atoms with Gasteiger partial charge in [-0.15, -0.1) is 0 Å². The normalized spacial score (nSPS) is 12.0. The Morgan fingerprint density at radius 2 is 2.05 bits per heavy atom. The zero-order valence-electron chi connectivity index (χ0n) is 11.0. The zero-order valence-corrected chi connectivity index (χ0v) is 12.6. The molecule has 2 rings (SSSR count). The smallest absolute Gasteiger partial charge is 0.273 e. The van der Waals surface area contributed by atoms with E-state index < -0.39 is 16.8 Å². The molecule has 0 aliphatic rings. The first-order valence-electron chi connectivity index (χ1n) is 6.06. The Labute approximate surface area is 128 Å². The van der Waals surface area contributed by atoms with Crippen LogP contribution >= 0.6 is 15.9 Å².